The Labute approximate surface area is 148 Å². The van der Waals surface area contributed by atoms with Crippen LogP contribution in [-0.2, 0) is 11.2 Å². The molecule has 0 amide bonds. The van der Waals surface area contributed by atoms with Crippen molar-refractivity contribution in [3.05, 3.63) is 24.3 Å². The molecule has 2 unspecified atom stereocenters. The first kappa shape index (κ1) is 17.9. The summed E-state index contributed by atoms with van der Waals surface area (Å²) in [5.74, 6) is 0.745. The summed E-state index contributed by atoms with van der Waals surface area (Å²) in [5, 5.41) is 9.27. The summed E-state index contributed by atoms with van der Waals surface area (Å²) in [5.41, 5.74) is 2.10. The number of fused-ring (bicyclic) bond motifs is 1. The molecule has 3 rings (SSSR count). The van der Waals surface area contributed by atoms with Crippen LogP contribution in [0.4, 0.5) is 0 Å². The predicted octanol–water partition coefficient (Wildman–Crippen LogP) is 2.96. The van der Waals surface area contributed by atoms with E-state index in [-0.39, 0.29) is 17.8 Å². The van der Waals surface area contributed by atoms with Crippen LogP contribution in [0.1, 0.15) is 39.4 Å². The van der Waals surface area contributed by atoms with Crippen LogP contribution < -0.4 is 0 Å². The second-order valence-corrected chi connectivity index (χ2v) is 8.48. The van der Waals surface area contributed by atoms with Gasteiger partial charge in [-0.2, -0.15) is 0 Å². The highest BCUT2D eigenvalue weighted by Gasteiger charge is 2.32. The van der Waals surface area contributed by atoms with Crippen LogP contribution in [0.15, 0.2) is 18.5 Å². The van der Waals surface area contributed by atoms with Gasteiger partial charge < -0.3 is 15.0 Å². The number of hydrogen-bond acceptors (Lipinski definition) is 4. The lowest BCUT2D eigenvalue weighted by Gasteiger charge is -2.40. The fourth-order valence-corrected chi connectivity index (χ4v) is 3.95. The Bertz CT molecular complexity index is 701. The monoisotopic (exact) mass is 344 g/mol. The molecule has 0 spiro atoms. The molecule has 25 heavy (non-hydrogen) atoms. The van der Waals surface area contributed by atoms with Gasteiger partial charge in [0.2, 0.25) is 0 Å². The first-order valence-electron chi connectivity index (χ1n) is 9.03. The second kappa shape index (κ2) is 7.12. The number of aromatic amines is 1. The minimum atomic E-state index is -0.701. The number of likely N-dealkylation sites (tertiary alicyclic amines) is 1. The SMILES string of the molecule is CC(C)(C)CN1CCC(CC(=O)O)C(Cc2nc3ccncc3[nH]2)C1. The van der Waals surface area contributed by atoms with Gasteiger partial charge in [0.05, 0.1) is 17.2 Å². The average molecular weight is 344 g/mol. The van der Waals surface area contributed by atoms with Gasteiger partial charge in [-0.05, 0) is 36.3 Å². The zero-order valence-electron chi connectivity index (χ0n) is 15.3. The number of aromatic nitrogens is 3. The molecule has 1 saturated heterocycles. The third-order valence-corrected chi connectivity index (χ3v) is 4.90. The molecular formula is C19H28N4O2. The van der Waals surface area contributed by atoms with Gasteiger partial charge in [-0.25, -0.2) is 4.98 Å². The molecule has 1 aliphatic rings. The van der Waals surface area contributed by atoms with E-state index in [1.165, 1.54) is 0 Å². The molecule has 0 saturated carbocycles. The Morgan fingerprint density at radius 3 is 2.88 bits per heavy atom. The Morgan fingerprint density at radius 1 is 1.40 bits per heavy atom. The van der Waals surface area contributed by atoms with Gasteiger partial charge in [-0.15, -0.1) is 0 Å². The van der Waals surface area contributed by atoms with E-state index in [0.717, 1.165) is 49.3 Å². The highest BCUT2D eigenvalue weighted by Crippen LogP contribution is 2.31. The van der Waals surface area contributed by atoms with Crippen molar-refractivity contribution in [2.75, 3.05) is 19.6 Å². The number of aliphatic carboxylic acids is 1. The first-order valence-corrected chi connectivity index (χ1v) is 9.03. The lowest BCUT2D eigenvalue weighted by atomic mass is 9.80. The third kappa shape index (κ3) is 4.78. The van der Waals surface area contributed by atoms with Gasteiger partial charge >= 0.3 is 5.97 Å². The van der Waals surface area contributed by atoms with E-state index in [1.807, 2.05) is 6.07 Å². The molecule has 6 heteroatoms. The minimum absolute atomic E-state index is 0.208. The molecule has 3 heterocycles. The number of rotatable bonds is 5. The number of carboxylic acid groups (broad SMARTS) is 1. The fraction of sp³-hybridized carbons (Fsp3) is 0.632. The molecule has 6 nitrogen and oxygen atoms in total. The summed E-state index contributed by atoms with van der Waals surface area (Å²) in [6, 6.07) is 1.90. The smallest absolute Gasteiger partial charge is 0.303 e. The molecule has 2 aromatic heterocycles. The maximum atomic E-state index is 11.3. The summed E-state index contributed by atoms with van der Waals surface area (Å²) >= 11 is 0. The van der Waals surface area contributed by atoms with Gasteiger partial charge in [-0.1, -0.05) is 20.8 Å². The Balaban J connectivity index is 1.75. The normalized spacial score (nSPS) is 22.4. The van der Waals surface area contributed by atoms with Crippen LogP contribution in [0.25, 0.3) is 11.0 Å². The molecule has 2 atom stereocenters. The van der Waals surface area contributed by atoms with Crippen molar-refractivity contribution >= 4 is 17.0 Å². The van der Waals surface area contributed by atoms with E-state index >= 15 is 0 Å². The fourth-order valence-electron chi connectivity index (χ4n) is 3.95. The predicted molar refractivity (Wildman–Crippen MR) is 97.3 cm³/mol. The second-order valence-electron chi connectivity index (χ2n) is 8.48. The van der Waals surface area contributed by atoms with E-state index in [1.54, 1.807) is 12.4 Å². The molecule has 136 valence electrons. The standard InChI is InChI=1S/C19H28N4O2/c1-19(2,3)12-23-7-5-13(9-18(24)25)14(11-23)8-17-21-15-4-6-20-10-16(15)22-17/h4,6,10,13-14H,5,7-9,11-12H2,1-3H3,(H,21,22)(H,24,25). The summed E-state index contributed by atoms with van der Waals surface area (Å²) in [6.07, 6.45) is 5.50. The van der Waals surface area contributed by atoms with Crippen LogP contribution in [-0.4, -0.2) is 50.6 Å². The van der Waals surface area contributed by atoms with E-state index in [2.05, 4.69) is 40.6 Å². The summed E-state index contributed by atoms with van der Waals surface area (Å²) in [6.45, 7) is 9.69. The number of nitrogens with one attached hydrogen (secondary N) is 1. The Morgan fingerprint density at radius 2 is 2.20 bits per heavy atom. The van der Waals surface area contributed by atoms with Crippen molar-refractivity contribution in [1.82, 2.24) is 19.9 Å². The van der Waals surface area contributed by atoms with Crippen LogP contribution >= 0.6 is 0 Å². The topological polar surface area (TPSA) is 82.1 Å². The highest BCUT2D eigenvalue weighted by molar-refractivity contribution is 5.73. The van der Waals surface area contributed by atoms with Crippen molar-refractivity contribution in [2.24, 2.45) is 17.3 Å². The number of pyridine rings is 1. The number of imidazole rings is 1. The van der Waals surface area contributed by atoms with Crippen molar-refractivity contribution < 1.29 is 9.90 Å². The van der Waals surface area contributed by atoms with Crippen LogP contribution in [0, 0.1) is 17.3 Å². The lowest BCUT2D eigenvalue weighted by Crippen LogP contribution is -2.45. The van der Waals surface area contributed by atoms with Crippen LogP contribution in [0.5, 0.6) is 0 Å². The molecule has 2 aromatic rings. The van der Waals surface area contributed by atoms with Gasteiger partial charge in [0.15, 0.2) is 0 Å². The number of piperidine rings is 1. The van der Waals surface area contributed by atoms with Gasteiger partial charge in [0, 0.05) is 32.1 Å². The van der Waals surface area contributed by atoms with E-state index in [9.17, 15) is 9.90 Å². The summed E-state index contributed by atoms with van der Waals surface area (Å²) in [7, 11) is 0. The number of H-pyrrole nitrogens is 1. The first-order chi connectivity index (χ1) is 11.8. The van der Waals surface area contributed by atoms with Gasteiger partial charge in [0.1, 0.15) is 5.82 Å². The largest absolute Gasteiger partial charge is 0.481 e. The molecule has 0 aliphatic carbocycles. The number of hydrogen-bond donors (Lipinski definition) is 2. The molecule has 0 aromatic carbocycles. The average Bonchev–Trinajstić information content (AvgIpc) is 2.90. The molecule has 0 radical (unpaired) electrons. The van der Waals surface area contributed by atoms with Crippen molar-refractivity contribution in [2.45, 2.75) is 40.0 Å². The number of carboxylic acids is 1. The van der Waals surface area contributed by atoms with Crippen molar-refractivity contribution in [1.29, 1.82) is 0 Å². The molecule has 1 aliphatic heterocycles. The summed E-state index contributed by atoms with van der Waals surface area (Å²) < 4.78 is 0. The molecule has 1 fully saturated rings. The Hall–Kier alpha value is -1.95. The maximum Gasteiger partial charge on any atom is 0.303 e. The van der Waals surface area contributed by atoms with E-state index < -0.39 is 5.97 Å². The quantitative estimate of drug-likeness (QED) is 0.871. The van der Waals surface area contributed by atoms with Crippen molar-refractivity contribution in [3.63, 3.8) is 0 Å². The number of carbonyl (C=O) groups is 1. The molecule has 2 N–H and O–H groups in total. The molecular weight excluding hydrogens is 316 g/mol. The Kier molecular flexibility index (Phi) is 5.08. The van der Waals surface area contributed by atoms with Gasteiger partial charge in [0.25, 0.3) is 0 Å². The minimum Gasteiger partial charge on any atom is -0.481 e. The zero-order valence-corrected chi connectivity index (χ0v) is 15.3. The summed E-state index contributed by atoms with van der Waals surface area (Å²) in [4.78, 5) is 25.9. The number of nitrogens with zero attached hydrogens (tertiary/aromatic N) is 3. The van der Waals surface area contributed by atoms with Crippen LogP contribution in [0.2, 0.25) is 0 Å². The molecule has 0 bridgehead atoms. The third-order valence-electron chi connectivity index (χ3n) is 4.90. The lowest BCUT2D eigenvalue weighted by molar-refractivity contribution is -0.139. The maximum absolute atomic E-state index is 11.3. The van der Waals surface area contributed by atoms with Crippen molar-refractivity contribution in [3.8, 4) is 0 Å². The van der Waals surface area contributed by atoms with Crippen LogP contribution in [0.3, 0.4) is 0 Å². The highest BCUT2D eigenvalue weighted by atomic mass is 16.4. The van der Waals surface area contributed by atoms with E-state index in [0.29, 0.717) is 5.92 Å². The van der Waals surface area contributed by atoms with Gasteiger partial charge in [-0.3, -0.25) is 9.78 Å². The van der Waals surface area contributed by atoms with E-state index in [4.69, 9.17) is 0 Å². The zero-order chi connectivity index (χ0) is 18.0.